The molecule has 0 aliphatic rings. The van der Waals surface area contributed by atoms with Gasteiger partial charge in [0.1, 0.15) is 6.61 Å². The van der Waals surface area contributed by atoms with Crippen LogP contribution in [-0.4, -0.2) is 33.4 Å². The number of aliphatic hydroxyl groups excluding tert-OH is 1. The van der Waals surface area contributed by atoms with Gasteiger partial charge in [-0.25, -0.2) is 0 Å². The van der Waals surface area contributed by atoms with Crippen molar-refractivity contribution in [2.24, 2.45) is 5.73 Å². The van der Waals surface area contributed by atoms with Crippen molar-refractivity contribution in [2.45, 2.75) is 20.5 Å². The molecular weight excluding hydrogens is 306 g/mol. The molecule has 21 heavy (non-hydrogen) atoms. The van der Waals surface area contributed by atoms with Gasteiger partial charge in [-0.1, -0.05) is 18.2 Å². The Labute approximate surface area is 135 Å². The molecule has 1 rings (SSSR count). The molecule has 0 aliphatic heterocycles. The van der Waals surface area contributed by atoms with Crippen LogP contribution in [-0.2, 0) is 11.3 Å². The highest BCUT2D eigenvalue weighted by molar-refractivity contribution is 7.80. The van der Waals surface area contributed by atoms with Crippen LogP contribution in [0.4, 0.5) is 0 Å². The Bertz CT molecular complexity index is 507. The minimum absolute atomic E-state index is 0.346. The van der Waals surface area contributed by atoms with E-state index in [4.69, 9.17) is 27.3 Å². The maximum Gasteiger partial charge on any atom is 0.259 e. The Kier molecular flexibility index (Phi) is 9.84. The summed E-state index contributed by atoms with van der Waals surface area (Å²) >= 11 is 9.04. The number of ether oxygens (including phenoxy) is 1. The molecule has 0 aromatic heterocycles. The van der Waals surface area contributed by atoms with Gasteiger partial charge in [0.05, 0.1) is 11.6 Å². The molecule has 0 heterocycles. The molecule has 0 saturated carbocycles. The molecule has 0 radical (unpaired) electrons. The molecule has 0 fully saturated rings. The molecule has 7 heteroatoms. The first-order chi connectivity index (χ1) is 9.96. The third-order valence-electron chi connectivity index (χ3n) is 2.51. The highest BCUT2D eigenvalue weighted by Gasteiger charge is 2.07. The largest absolute Gasteiger partial charge is 0.487 e. The summed E-state index contributed by atoms with van der Waals surface area (Å²) in [7, 11) is 0. The predicted molar refractivity (Wildman–Crippen MR) is 90.9 cm³/mol. The number of nitrogens with zero attached hydrogens (tertiary/aromatic N) is 2. The van der Waals surface area contributed by atoms with Gasteiger partial charge in [-0.05, 0) is 44.3 Å². The van der Waals surface area contributed by atoms with Gasteiger partial charge in [-0.15, -0.1) is 0 Å². The van der Waals surface area contributed by atoms with Crippen LogP contribution in [0, 0.1) is 11.3 Å². The third kappa shape index (κ3) is 8.07. The second-order valence-electron chi connectivity index (χ2n) is 3.83. The van der Waals surface area contributed by atoms with Gasteiger partial charge in [0, 0.05) is 18.7 Å². The van der Waals surface area contributed by atoms with Crippen molar-refractivity contribution < 1.29 is 9.84 Å². The fraction of sp³-hybridized carbons (Fsp3) is 0.357. The van der Waals surface area contributed by atoms with Crippen molar-refractivity contribution in [2.75, 3.05) is 13.1 Å². The zero-order chi connectivity index (χ0) is 16.3. The quantitative estimate of drug-likeness (QED) is 0.823. The molecule has 1 aromatic rings. The highest BCUT2D eigenvalue weighted by Crippen LogP contribution is 2.09. The summed E-state index contributed by atoms with van der Waals surface area (Å²) in [6, 6.07) is 9.52. The minimum atomic E-state index is -0.500. The molecule has 0 saturated heterocycles. The molecule has 114 valence electrons. The maximum atomic E-state index is 8.94. The van der Waals surface area contributed by atoms with Gasteiger partial charge in [0.2, 0.25) is 0 Å². The normalized spacial score (nSPS) is 8.81. The van der Waals surface area contributed by atoms with Crippen LogP contribution >= 0.6 is 24.4 Å². The fourth-order valence-corrected chi connectivity index (χ4v) is 1.78. The number of aliphatic hydroxyl groups is 1. The first-order valence-corrected chi connectivity index (χ1v) is 7.15. The van der Waals surface area contributed by atoms with Crippen molar-refractivity contribution in [3.8, 4) is 6.07 Å². The van der Waals surface area contributed by atoms with E-state index in [2.05, 4.69) is 24.0 Å². The van der Waals surface area contributed by atoms with E-state index >= 15 is 0 Å². The molecule has 0 spiro atoms. The van der Waals surface area contributed by atoms with Crippen LogP contribution < -0.4 is 5.73 Å². The first kappa shape index (κ1) is 19.1. The van der Waals surface area contributed by atoms with Gasteiger partial charge in [-0.2, -0.15) is 5.26 Å². The molecule has 0 bridgehead atoms. The topological polar surface area (TPSA) is 82.5 Å². The average Bonchev–Trinajstić information content (AvgIpc) is 2.46. The van der Waals surface area contributed by atoms with Crippen LogP contribution in [0.1, 0.15) is 25.0 Å². The van der Waals surface area contributed by atoms with Gasteiger partial charge >= 0.3 is 0 Å². The smallest absolute Gasteiger partial charge is 0.259 e. The second kappa shape index (κ2) is 10.8. The highest BCUT2D eigenvalue weighted by atomic mass is 32.1. The Morgan fingerprint density at radius 1 is 1.33 bits per heavy atom. The summed E-state index contributed by atoms with van der Waals surface area (Å²) in [5.74, 6) is 0. The maximum absolute atomic E-state index is 8.94. The van der Waals surface area contributed by atoms with E-state index in [1.54, 1.807) is 6.07 Å². The van der Waals surface area contributed by atoms with Crippen LogP contribution in [0.25, 0.3) is 0 Å². The van der Waals surface area contributed by atoms with E-state index in [1.165, 1.54) is 0 Å². The summed E-state index contributed by atoms with van der Waals surface area (Å²) in [4.78, 5) is 1.96. The van der Waals surface area contributed by atoms with Gasteiger partial charge in [0.15, 0.2) is 0 Å². The number of thiocarbonyl (C=S) groups is 2. The van der Waals surface area contributed by atoms with E-state index in [1.807, 2.05) is 36.9 Å². The average molecular weight is 325 g/mol. The van der Waals surface area contributed by atoms with Crippen molar-refractivity contribution in [3.63, 3.8) is 0 Å². The summed E-state index contributed by atoms with van der Waals surface area (Å²) in [5, 5.41) is 16.5. The zero-order valence-electron chi connectivity index (χ0n) is 12.1. The lowest BCUT2D eigenvalue weighted by molar-refractivity contribution is 0.238. The predicted octanol–water partition coefficient (Wildman–Crippen LogP) is 2.49. The van der Waals surface area contributed by atoms with Crippen molar-refractivity contribution in [1.82, 2.24) is 4.90 Å². The number of hydrogen-bond acceptors (Lipinski definition) is 4. The van der Waals surface area contributed by atoms with Crippen molar-refractivity contribution in [1.29, 1.82) is 5.26 Å². The molecule has 3 N–H and O–H groups in total. The third-order valence-corrected chi connectivity index (χ3v) is 2.89. The minimum Gasteiger partial charge on any atom is -0.487 e. The Morgan fingerprint density at radius 2 is 1.86 bits per heavy atom. The number of hydrogen-bond donors (Lipinski definition) is 2. The van der Waals surface area contributed by atoms with Crippen LogP contribution in [0.15, 0.2) is 24.3 Å². The first-order valence-electron chi connectivity index (χ1n) is 6.34. The van der Waals surface area contributed by atoms with Crippen molar-refractivity contribution >= 4 is 34.8 Å². The number of nitrogens with two attached hydrogens (primary N) is 1. The van der Waals surface area contributed by atoms with Gasteiger partial charge < -0.3 is 20.5 Å². The number of nitriles is 1. The van der Waals surface area contributed by atoms with Crippen LogP contribution in [0.3, 0.4) is 0 Å². The van der Waals surface area contributed by atoms with E-state index in [9.17, 15) is 0 Å². The van der Waals surface area contributed by atoms with E-state index in [-0.39, 0.29) is 0 Å². The van der Waals surface area contributed by atoms with Gasteiger partial charge in [-0.3, -0.25) is 0 Å². The molecule has 0 atom stereocenters. The van der Waals surface area contributed by atoms with Crippen molar-refractivity contribution in [3.05, 3.63) is 35.4 Å². The van der Waals surface area contributed by atoms with Crippen LogP contribution in [0.2, 0.25) is 0 Å². The summed E-state index contributed by atoms with van der Waals surface area (Å²) < 4.78 is 5.52. The number of rotatable bonds is 4. The standard InChI is InChI=1S/C13H16N2OS.CH3NOS/c1-3-15(4-2)13(17)16-10-12-8-6-5-7-11(12)9-14;2-1(3)4/h5-8H,3-4,10H2,1-2H3;(H3,2,3,4). The zero-order valence-corrected chi connectivity index (χ0v) is 13.7. The molecule has 0 unspecified atom stereocenters. The van der Waals surface area contributed by atoms with E-state index in [0.717, 1.165) is 18.7 Å². The van der Waals surface area contributed by atoms with Gasteiger partial charge in [0.25, 0.3) is 10.3 Å². The fourth-order valence-electron chi connectivity index (χ4n) is 1.47. The summed E-state index contributed by atoms with van der Waals surface area (Å²) in [6.07, 6.45) is 0. The summed E-state index contributed by atoms with van der Waals surface area (Å²) in [6.45, 7) is 6.06. The lowest BCUT2D eigenvalue weighted by Crippen LogP contribution is -2.30. The monoisotopic (exact) mass is 325 g/mol. The molecular formula is C14H19N3O2S2. The van der Waals surface area contributed by atoms with Crippen LogP contribution in [0.5, 0.6) is 0 Å². The molecule has 0 amide bonds. The number of benzene rings is 1. The molecule has 1 aromatic carbocycles. The molecule has 5 nitrogen and oxygen atoms in total. The molecule has 0 aliphatic carbocycles. The second-order valence-corrected chi connectivity index (χ2v) is 4.60. The lowest BCUT2D eigenvalue weighted by atomic mass is 10.1. The lowest BCUT2D eigenvalue weighted by Gasteiger charge is -2.21. The Balaban J connectivity index is 0.000000885. The SMILES string of the molecule is CCN(CC)C(=S)OCc1ccccc1C#N.NC(O)=S. The Hall–Kier alpha value is -1.91. The van der Waals surface area contributed by atoms with E-state index < -0.39 is 5.17 Å². The Morgan fingerprint density at radius 3 is 2.33 bits per heavy atom. The summed E-state index contributed by atoms with van der Waals surface area (Å²) in [5.41, 5.74) is 5.90. The van der Waals surface area contributed by atoms with E-state index in [0.29, 0.717) is 17.3 Å².